The number of hydrogen-bond donors (Lipinski definition) is 1. The van der Waals surface area contributed by atoms with Gasteiger partial charge in [0.25, 0.3) is 0 Å². The van der Waals surface area contributed by atoms with Crippen molar-refractivity contribution < 1.29 is 9.13 Å². The number of fused-ring (bicyclic) bond motifs is 1. The lowest BCUT2D eigenvalue weighted by Gasteiger charge is -2.58. The zero-order valence-corrected chi connectivity index (χ0v) is 12.1. The first-order valence-corrected chi connectivity index (χ1v) is 7.14. The minimum absolute atomic E-state index is 0.0177. The van der Waals surface area contributed by atoms with Gasteiger partial charge in [0.1, 0.15) is 5.82 Å². The molecule has 110 valence electrons. The molecule has 2 aromatic rings. The van der Waals surface area contributed by atoms with Crippen LogP contribution in [0.25, 0.3) is 10.8 Å². The Bertz CT molecular complexity index is 724. The molecule has 1 aromatic carbocycles. The van der Waals surface area contributed by atoms with Crippen molar-refractivity contribution in [3.63, 3.8) is 0 Å². The van der Waals surface area contributed by atoms with Crippen LogP contribution in [0.3, 0.4) is 0 Å². The van der Waals surface area contributed by atoms with Crippen molar-refractivity contribution in [2.45, 2.75) is 18.9 Å². The number of hydrogen-bond acceptors (Lipinski definition) is 5. The molecule has 1 N–H and O–H groups in total. The molecule has 2 fully saturated rings. The van der Waals surface area contributed by atoms with Gasteiger partial charge < -0.3 is 15.0 Å². The SMILES string of the molecule is CNc1nnc(C)c2cc(F)c(N3CCC34COC4)cc12. The number of halogens is 1. The maximum atomic E-state index is 14.6. The van der Waals surface area contributed by atoms with Crippen LogP contribution in [0.4, 0.5) is 15.9 Å². The van der Waals surface area contributed by atoms with Crippen molar-refractivity contribution in [1.29, 1.82) is 0 Å². The summed E-state index contributed by atoms with van der Waals surface area (Å²) in [7, 11) is 1.80. The summed E-state index contributed by atoms with van der Waals surface area (Å²) in [5.74, 6) is 0.475. The Morgan fingerprint density at radius 2 is 2.10 bits per heavy atom. The summed E-state index contributed by atoms with van der Waals surface area (Å²) >= 11 is 0. The lowest BCUT2D eigenvalue weighted by molar-refractivity contribution is -0.0850. The van der Waals surface area contributed by atoms with Crippen LogP contribution in [-0.4, -0.2) is 42.5 Å². The number of nitrogens with one attached hydrogen (secondary N) is 1. The lowest BCUT2D eigenvalue weighted by atomic mass is 9.82. The van der Waals surface area contributed by atoms with E-state index in [-0.39, 0.29) is 11.4 Å². The van der Waals surface area contributed by atoms with E-state index in [1.165, 1.54) is 0 Å². The fourth-order valence-corrected chi connectivity index (χ4v) is 3.24. The van der Waals surface area contributed by atoms with Crippen molar-refractivity contribution >= 4 is 22.3 Å². The zero-order chi connectivity index (χ0) is 14.6. The molecule has 21 heavy (non-hydrogen) atoms. The van der Waals surface area contributed by atoms with Gasteiger partial charge >= 0.3 is 0 Å². The molecule has 6 heteroatoms. The van der Waals surface area contributed by atoms with E-state index in [0.29, 0.717) is 24.7 Å². The number of aromatic nitrogens is 2. The Balaban J connectivity index is 1.88. The van der Waals surface area contributed by atoms with Crippen molar-refractivity contribution in [2.24, 2.45) is 0 Å². The first kappa shape index (κ1) is 12.8. The average molecular weight is 288 g/mol. The van der Waals surface area contributed by atoms with Crippen LogP contribution >= 0.6 is 0 Å². The minimum atomic E-state index is -0.202. The molecule has 0 bridgehead atoms. The number of ether oxygens (including phenoxy) is 1. The van der Waals surface area contributed by atoms with E-state index in [4.69, 9.17) is 4.74 Å². The fourth-order valence-electron chi connectivity index (χ4n) is 3.24. The third-order valence-corrected chi connectivity index (χ3v) is 4.67. The van der Waals surface area contributed by atoms with Gasteiger partial charge in [-0.3, -0.25) is 0 Å². The van der Waals surface area contributed by atoms with E-state index in [0.717, 1.165) is 29.4 Å². The Labute approximate surface area is 122 Å². The number of benzene rings is 1. The summed E-state index contributed by atoms with van der Waals surface area (Å²) in [4.78, 5) is 2.13. The van der Waals surface area contributed by atoms with Crippen LogP contribution in [0, 0.1) is 12.7 Å². The predicted octanol–water partition coefficient (Wildman–Crippen LogP) is 2.10. The van der Waals surface area contributed by atoms with Gasteiger partial charge in [-0.1, -0.05) is 0 Å². The molecule has 0 aliphatic carbocycles. The Kier molecular flexibility index (Phi) is 2.60. The van der Waals surface area contributed by atoms with Gasteiger partial charge in [-0.25, -0.2) is 4.39 Å². The van der Waals surface area contributed by atoms with Crippen molar-refractivity contribution in [3.05, 3.63) is 23.6 Å². The summed E-state index contributed by atoms with van der Waals surface area (Å²) in [6, 6.07) is 3.46. The van der Waals surface area contributed by atoms with Crippen molar-refractivity contribution in [1.82, 2.24) is 10.2 Å². The minimum Gasteiger partial charge on any atom is -0.376 e. The van der Waals surface area contributed by atoms with Crippen LogP contribution in [-0.2, 0) is 4.74 Å². The monoisotopic (exact) mass is 288 g/mol. The van der Waals surface area contributed by atoms with Gasteiger partial charge in [-0.2, -0.15) is 5.10 Å². The van der Waals surface area contributed by atoms with Gasteiger partial charge in [0.15, 0.2) is 5.82 Å². The maximum Gasteiger partial charge on any atom is 0.156 e. The molecule has 2 saturated heterocycles. The largest absolute Gasteiger partial charge is 0.376 e. The van der Waals surface area contributed by atoms with Gasteiger partial charge in [-0.15, -0.1) is 5.10 Å². The molecule has 2 aliphatic rings. The van der Waals surface area contributed by atoms with E-state index in [1.54, 1.807) is 13.1 Å². The van der Waals surface area contributed by atoms with Gasteiger partial charge in [0, 0.05) is 24.4 Å². The van der Waals surface area contributed by atoms with Crippen LogP contribution in [0.5, 0.6) is 0 Å². The Morgan fingerprint density at radius 1 is 1.29 bits per heavy atom. The second kappa shape index (κ2) is 4.27. The molecular weight excluding hydrogens is 271 g/mol. The highest BCUT2D eigenvalue weighted by atomic mass is 19.1. The summed E-state index contributed by atoms with van der Waals surface area (Å²) in [5.41, 5.74) is 1.39. The summed E-state index contributed by atoms with van der Waals surface area (Å²) < 4.78 is 19.9. The average Bonchev–Trinajstić information content (AvgIpc) is 2.38. The van der Waals surface area contributed by atoms with Gasteiger partial charge in [-0.05, 0) is 25.5 Å². The van der Waals surface area contributed by atoms with Crippen LogP contribution in [0.1, 0.15) is 12.1 Å². The highest BCUT2D eigenvalue weighted by Gasteiger charge is 2.51. The van der Waals surface area contributed by atoms with Crippen molar-refractivity contribution in [3.8, 4) is 0 Å². The Hall–Kier alpha value is -1.95. The second-order valence-corrected chi connectivity index (χ2v) is 5.85. The normalized spacial score (nSPS) is 19.5. The molecule has 0 atom stereocenters. The highest BCUT2D eigenvalue weighted by Crippen LogP contribution is 2.43. The first-order chi connectivity index (χ1) is 10.1. The van der Waals surface area contributed by atoms with Gasteiger partial charge in [0.05, 0.1) is 30.1 Å². The molecule has 1 aromatic heterocycles. The standard InChI is InChI=1S/C15H17FN4O/c1-9-10-5-12(16)13(6-11(10)14(17-2)19-18-9)20-4-3-15(20)7-21-8-15/h5-6H,3-4,7-8H2,1-2H3,(H,17,19). The fraction of sp³-hybridized carbons (Fsp3) is 0.467. The van der Waals surface area contributed by atoms with Crippen LogP contribution < -0.4 is 10.2 Å². The maximum absolute atomic E-state index is 14.6. The third kappa shape index (κ3) is 1.65. The quantitative estimate of drug-likeness (QED) is 0.917. The topological polar surface area (TPSA) is 50.3 Å². The molecule has 3 heterocycles. The van der Waals surface area contributed by atoms with E-state index in [9.17, 15) is 4.39 Å². The highest BCUT2D eigenvalue weighted by molar-refractivity contribution is 5.95. The predicted molar refractivity (Wildman–Crippen MR) is 79.3 cm³/mol. The van der Waals surface area contributed by atoms with Gasteiger partial charge in [0.2, 0.25) is 0 Å². The van der Waals surface area contributed by atoms with E-state index in [2.05, 4.69) is 20.4 Å². The van der Waals surface area contributed by atoms with E-state index < -0.39 is 0 Å². The number of aryl methyl sites for hydroxylation is 1. The number of nitrogens with zero attached hydrogens (tertiary/aromatic N) is 3. The zero-order valence-electron chi connectivity index (χ0n) is 12.1. The molecule has 0 saturated carbocycles. The third-order valence-electron chi connectivity index (χ3n) is 4.67. The molecule has 5 nitrogen and oxygen atoms in total. The molecule has 2 aliphatic heterocycles. The summed E-state index contributed by atoms with van der Waals surface area (Å²) in [6.07, 6.45) is 1.07. The molecule has 4 rings (SSSR count). The number of rotatable bonds is 2. The second-order valence-electron chi connectivity index (χ2n) is 5.85. The number of anilines is 2. The molecule has 0 amide bonds. The molecule has 1 spiro atoms. The summed E-state index contributed by atoms with van der Waals surface area (Å²) in [6.45, 7) is 4.10. The smallest absolute Gasteiger partial charge is 0.156 e. The Morgan fingerprint density at radius 3 is 2.67 bits per heavy atom. The lowest BCUT2D eigenvalue weighted by Crippen LogP contribution is -2.71. The van der Waals surface area contributed by atoms with Crippen molar-refractivity contribution in [2.75, 3.05) is 37.0 Å². The van der Waals surface area contributed by atoms with E-state index in [1.807, 2.05) is 13.0 Å². The first-order valence-electron chi connectivity index (χ1n) is 7.14. The molecule has 0 radical (unpaired) electrons. The van der Waals surface area contributed by atoms with Crippen LogP contribution in [0.2, 0.25) is 0 Å². The van der Waals surface area contributed by atoms with Crippen LogP contribution in [0.15, 0.2) is 12.1 Å². The molecular formula is C15H17FN4O. The molecule has 0 unspecified atom stereocenters. The van der Waals surface area contributed by atoms with E-state index >= 15 is 0 Å². The summed E-state index contributed by atoms with van der Waals surface area (Å²) in [5, 5.41) is 12.9.